The van der Waals surface area contributed by atoms with Gasteiger partial charge in [0.2, 0.25) is 0 Å². The van der Waals surface area contributed by atoms with E-state index in [4.69, 9.17) is 19.3 Å². The number of carbonyl (C=O) groups is 1. The van der Waals surface area contributed by atoms with Crippen LogP contribution in [-0.4, -0.2) is 42.1 Å². The minimum atomic E-state index is -0.991. The SMILES string of the molecule is CCCCCCCCCCOc1ccc(OCC(O)COc2ccc(C(=O)O)cc2)cc1. The highest BCUT2D eigenvalue weighted by molar-refractivity contribution is 5.87. The summed E-state index contributed by atoms with van der Waals surface area (Å²) in [6.07, 6.45) is 9.39. The van der Waals surface area contributed by atoms with Crippen molar-refractivity contribution in [3.05, 3.63) is 54.1 Å². The number of rotatable bonds is 17. The molecular formula is C26H36O6. The molecule has 0 saturated heterocycles. The molecule has 0 radical (unpaired) electrons. The zero-order chi connectivity index (χ0) is 23.0. The van der Waals surface area contributed by atoms with Crippen LogP contribution in [0.15, 0.2) is 48.5 Å². The Bertz CT molecular complexity index is 757. The Morgan fingerprint density at radius 3 is 1.66 bits per heavy atom. The average molecular weight is 445 g/mol. The lowest BCUT2D eigenvalue weighted by atomic mass is 10.1. The van der Waals surface area contributed by atoms with Crippen molar-refractivity contribution >= 4 is 5.97 Å². The second-order valence-corrected chi connectivity index (χ2v) is 7.90. The van der Waals surface area contributed by atoms with E-state index in [-0.39, 0.29) is 18.8 Å². The van der Waals surface area contributed by atoms with E-state index in [1.807, 2.05) is 24.3 Å². The highest BCUT2D eigenvalue weighted by atomic mass is 16.5. The standard InChI is InChI=1S/C26H36O6/c1-2-3-4-5-6-7-8-9-18-30-23-14-16-25(17-15-23)32-20-22(27)19-31-24-12-10-21(11-13-24)26(28)29/h10-17,22,27H,2-9,18-20H2,1H3,(H,28,29). The Labute approximate surface area is 191 Å². The van der Waals surface area contributed by atoms with E-state index in [1.54, 1.807) is 12.1 Å². The lowest BCUT2D eigenvalue weighted by molar-refractivity contribution is 0.0625. The van der Waals surface area contributed by atoms with Crippen molar-refractivity contribution in [1.82, 2.24) is 0 Å². The number of carboxylic acid groups (broad SMARTS) is 1. The summed E-state index contributed by atoms with van der Waals surface area (Å²) in [6.45, 7) is 3.10. The number of benzene rings is 2. The second kappa shape index (κ2) is 15.1. The minimum Gasteiger partial charge on any atom is -0.494 e. The van der Waals surface area contributed by atoms with E-state index < -0.39 is 12.1 Å². The molecule has 0 aromatic heterocycles. The fraction of sp³-hybridized carbons (Fsp3) is 0.500. The van der Waals surface area contributed by atoms with Gasteiger partial charge in [-0.2, -0.15) is 0 Å². The largest absolute Gasteiger partial charge is 0.494 e. The second-order valence-electron chi connectivity index (χ2n) is 7.90. The van der Waals surface area contributed by atoms with Crippen molar-refractivity contribution in [3.63, 3.8) is 0 Å². The van der Waals surface area contributed by atoms with E-state index in [0.29, 0.717) is 11.5 Å². The lowest BCUT2D eigenvalue weighted by Crippen LogP contribution is -2.25. The summed E-state index contributed by atoms with van der Waals surface area (Å²) in [5.41, 5.74) is 0.187. The summed E-state index contributed by atoms with van der Waals surface area (Å²) < 4.78 is 16.8. The van der Waals surface area contributed by atoms with E-state index in [9.17, 15) is 9.90 Å². The van der Waals surface area contributed by atoms with Crippen molar-refractivity contribution in [2.75, 3.05) is 19.8 Å². The molecule has 6 nitrogen and oxygen atoms in total. The topological polar surface area (TPSA) is 85.2 Å². The number of hydrogen-bond acceptors (Lipinski definition) is 5. The molecule has 0 aliphatic heterocycles. The van der Waals surface area contributed by atoms with Crippen LogP contribution < -0.4 is 14.2 Å². The van der Waals surface area contributed by atoms with Crippen LogP contribution in [-0.2, 0) is 0 Å². The van der Waals surface area contributed by atoms with Gasteiger partial charge in [-0.1, -0.05) is 51.9 Å². The molecule has 0 saturated carbocycles. The first-order chi connectivity index (χ1) is 15.6. The maximum atomic E-state index is 10.8. The predicted molar refractivity (Wildman–Crippen MR) is 125 cm³/mol. The molecule has 0 fully saturated rings. The van der Waals surface area contributed by atoms with E-state index in [1.165, 1.54) is 57.1 Å². The van der Waals surface area contributed by atoms with Gasteiger partial charge in [-0.15, -0.1) is 0 Å². The first kappa shape index (κ1) is 25.5. The zero-order valence-corrected chi connectivity index (χ0v) is 19.0. The van der Waals surface area contributed by atoms with Crippen LogP contribution in [0.4, 0.5) is 0 Å². The van der Waals surface area contributed by atoms with Crippen LogP contribution in [0.3, 0.4) is 0 Å². The van der Waals surface area contributed by atoms with Crippen molar-refractivity contribution in [2.45, 2.75) is 64.4 Å². The monoisotopic (exact) mass is 444 g/mol. The Balaban J connectivity index is 1.56. The molecule has 0 heterocycles. The third kappa shape index (κ3) is 10.5. The number of hydrogen-bond donors (Lipinski definition) is 2. The maximum absolute atomic E-state index is 10.8. The molecule has 0 amide bonds. The summed E-state index contributed by atoms with van der Waals surface area (Å²) in [4.78, 5) is 10.8. The van der Waals surface area contributed by atoms with Crippen LogP contribution in [0, 0.1) is 0 Å². The van der Waals surface area contributed by atoms with E-state index in [2.05, 4.69) is 6.92 Å². The first-order valence-corrected chi connectivity index (χ1v) is 11.6. The highest BCUT2D eigenvalue weighted by Crippen LogP contribution is 2.19. The lowest BCUT2D eigenvalue weighted by Gasteiger charge is -2.14. The summed E-state index contributed by atoms with van der Waals surface area (Å²) in [5, 5.41) is 18.9. The molecular weight excluding hydrogens is 408 g/mol. The molecule has 0 bridgehead atoms. The van der Waals surface area contributed by atoms with Gasteiger partial charge >= 0.3 is 5.97 Å². The van der Waals surface area contributed by atoms with Gasteiger partial charge in [0.25, 0.3) is 0 Å². The Hall–Kier alpha value is -2.73. The van der Waals surface area contributed by atoms with Gasteiger partial charge in [-0.3, -0.25) is 0 Å². The zero-order valence-electron chi connectivity index (χ0n) is 19.0. The summed E-state index contributed by atoms with van der Waals surface area (Å²) in [6, 6.07) is 13.4. The van der Waals surface area contributed by atoms with Gasteiger partial charge in [0.15, 0.2) is 0 Å². The van der Waals surface area contributed by atoms with Crippen molar-refractivity contribution in [2.24, 2.45) is 0 Å². The van der Waals surface area contributed by atoms with Crippen LogP contribution in [0.25, 0.3) is 0 Å². The number of ether oxygens (including phenoxy) is 3. The average Bonchev–Trinajstić information content (AvgIpc) is 2.81. The number of aliphatic hydroxyl groups is 1. The number of carboxylic acids is 1. The Morgan fingerprint density at radius 2 is 1.16 bits per heavy atom. The molecule has 0 spiro atoms. The first-order valence-electron chi connectivity index (χ1n) is 11.6. The fourth-order valence-corrected chi connectivity index (χ4v) is 3.18. The summed E-state index contributed by atoms with van der Waals surface area (Å²) >= 11 is 0. The quantitative estimate of drug-likeness (QED) is 0.303. The smallest absolute Gasteiger partial charge is 0.335 e. The molecule has 2 N–H and O–H groups in total. The fourth-order valence-electron chi connectivity index (χ4n) is 3.18. The minimum absolute atomic E-state index is 0.0478. The number of unbranched alkanes of at least 4 members (excludes halogenated alkanes) is 7. The van der Waals surface area contributed by atoms with Crippen LogP contribution in [0.2, 0.25) is 0 Å². The van der Waals surface area contributed by atoms with Crippen LogP contribution in [0.5, 0.6) is 17.2 Å². The van der Waals surface area contributed by atoms with Gasteiger partial charge in [-0.05, 0) is 55.0 Å². The van der Waals surface area contributed by atoms with Crippen molar-refractivity contribution in [1.29, 1.82) is 0 Å². The Kier molecular flexibility index (Phi) is 12.1. The molecule has 2 aromatic carbocycles. The number of aromatic carboxylic acids is 1. The van der Waals surface area contributed by atoms with E-state index >= 15 is 0 Å². The summed E-state index contributed by atoms with van der Waals surface area (Å²) in [7, 11) is 0. The molecule has 0 aliphatic rings. The maximum Gasteiger partial charge on any atom is 0.335 e. The normalized spacial score (nSPS) is 11.7. The summed E-state index contributed by atoms with van der Waals surface area (Å²) in [5.74, 6) is 0.963. The van der Waals surface area contributed by atoms with Gasteiger partial charge in [0.05, 0.1) is 12.2 Å². The third-order valence-corrected chi connectivity index (χ3v) is 5.08. The van der Waals surface area contributed by atoms with Gasteiger partial charge in [-0.25, -0.2) is 4.79 Å². The number of aliphatic hydroxyl groups excluding tert-OH is 1. The van der Waals surface area contributed by atoms with Gasteiger partial charge < -0.3 is 24.4 Å². The van der Waals surface area contributed by atoms with Crippen LogP contribution >= 0.6 is 0 Å². The van der Waals surface area contributed by atoms with Crippen LogP contribution in [0.1, 0.15) is 68.6 Å². The van der Waals surface area contributed by atoms with Crippen molar-refractivity contribution in [3.8, 4) is 17.2 Å². The molecule has 6 heteroatoms. The molecule has 32 heavy (non-hydrogen) atoms. The molecule has 1 unspecified atom stereocenters. The molecule has 176 valence electrons. The van der Waals surface area contributed by atoms with E-state index in [0.717, 1.165) is 18.8 Å². The van der Waals surface area contributed by atoms with Crippen molar-refractivity contribution < 1.29 is 29.2 Å². The van der Waals surface area contributed by atoms with Gasteiger partial charge in [0.1, 0.15) is 36.6 Å². The molecule has 0 aliphatic carbocycles. The third-order valence-electron chi connectivity index (χ3n) is 5.08. The molecule has 2 aromatic rings. The molecule has 2 rings (SSSR count). The predicted octanol–water partition coefficient (Wildman–Crippen LogP) is 5.72. The molecule has 1 atom stereocenters. The van der Waals surface area contributed by atoms with Gasteiger partial charge in [0, 0.05) is 0 Å². The highest BCUT2D eigenvalue weighted by Gasteiger charge is 2.08. The Morgan fingerprint density at radius 1 is 0.719 bits per heavy atom.